The maximum Gasteiger partial charge on any atom is 0.270 e. The Hall–Kier alpha value is -2.97. The Labute approximate surface area is 141 Å². The van der Waals surface area contributed by atoms with Gasteiger partial charge in [-0.05, 0) is 23.8 Å². The van der Waals surface area contributed by atoms with Crippen LogP contribution in [0.4, 0.5) is 5.69 Å². The molecular weight excluding hydrogens is 334 g/mol. The van der Waals surface area contributed by atoms with Crippen molar-refractivity contribution in [2.75, 3.05) is 0 Å². The molecular formula is C15H12ClN5O3. The first kappa shape index (κ1) is 15.9. The van der Waals surface area contributed by atoms with Gasteiger partial charge in [-0.3, -0.25) is 15.2 Å². The number of hydrogen-bond donors (Lipinski definition) is 3. The molecule has 1 heterocycles. The van der Waals surface area contributed by atoms with E-state index in [0.717, 1.165) is 5.56 Å². The van der Waals surface area contributed by atoms with E-state index in [9.17, 15) is 15.2 Å². The number of H-pyrrole nitrogens is 1. The van der Waals surface area contributed by atoms with E-state index in [1.807, 2.05) is 0 Å². The number of nitro groups is 1. The number of benzene rings is 2. The third kappa shape index (κ3) is 3.05. The average molecular weight is 346 g/mol. The minimum Gasteiger partial charge on any atom is -0.507 e. The first-order valence-corrected chi connectivity index (χ1v) is 7.24. The van der Waals surface area contributed by atoms with Gasteiger partial charge in [0.1, 0.15) is 11.6 Å². The zero-order valence-electron chi connectivity index (χ0n) is 12.2. The van der Waals surface area contributed by atoms with Gasteiger partial charge >= 0.3 is 0 Å². The Kier molecular flexibility index (Phi) is 4.15. The predicted molar refractivity (Wildman–Crippen MR) is 87.6 cm³/mol. The summed E-state index contributed by atoms with van der Waals surface area (Å²) in [5, 5.41) is 28.0. The van der Waals surface area contributed by atoms with E-state index in [0.29, 0.717) is 10.8 Å². The summed E-state index contributed by atoms with van der Waals surface area (Å²) >= 11 is 5.84. The van der Waals surface area contributed by atoms with Crippen LogP contribution in [0.25, 0.3) is 11.4 Å². The zero-order valence-corrected chi connectivity index (χ0v) is 12.9. The Morgan fingerprint density at radius 3 is 2.62 bits per heavy atom. The molecule has 0 aliphatic rings. The van der Waals surface area contributed by atoms with Crippen LogP contribution in [-0.2, 0) is 0 Å². The summed E-state index contributed by atoms with van der Waals surface area (Å²) < 4.78 is 0. The Bertz CT molecular complexity index is 894. The quantitative estimate of drug-likeness (QED) is 0.492. The molecule has 0 bridgehead atoms. The highest BCUT2D eigenvalue weighted by Crippen LogP contribution is 2.31. The molecule has 8 nitrogen and oxygen atoms in total. The smallest absolute Gasteiger partial charge is 0.270 e. The van der Waals surface area contributed by atoms with Crippen molar-refractivity contribution in [2.45, 2.75) is 6.04 Å². The van der Waals surface area contributed by atoms with Crippen LogP contribution < -0.4 is 5.73 Å². The van der Waals surface area contributed by atoms with Crippen LogP contribution >= 0.6 is 11.6 Å². The SMILES string of the molecule is N[C@H](c1ccc(Cl)cc1)c1nc(-c2cc([N+](=O)[O-])ccc2O)n[nH]1. The van der Waals surface area contributed by atoms with Crippen LogP contribution in [0.2, 0.25) is 5.02 Å². The topological polar surface area (TPSA) is 131 Å². The van der Waals surface area contributed by atoms with Crippen LogP contribution in [0.5, 0.6) is 5.75 Å². The van der Waals surface area contributed by atoms with Crippen LogP contribution in [0, 0.1) is 10.1 Å². The molecule has 0 radical (unpaired) electrons. The van der Waals surface area contributed by atoms with E-state index in [1.54, 1.807) is 24.3 Å². The second kappa shape index (κ2) is 6.26. The highest BCUT2D eigenvalue weighted by molar-refractivity contribution is 6.30. The molecule has 0 saturated carbocycles. The number of nitrogens with zero attached hydrogens (tertiary/aromatic N) is 3. The monoisotopic (exact) mass is 345 g/mol. The lowest BCUT2D eigenvalue weighted by molar-refractivity contribution is -0.384. The van der Waals surface area contributed by atoms with Crippen molar-refractivity contribution in [1.82, 2.24) is 15.2 Å². The summed E-state index contributed by atoms with van der Waals surface area (Å²) in [6.45, 7) is 0. The normalized spacial score (nSPS) is 12.1. The number of nitrogens with two attached hydrogens (primary N) is 1. The number of phenols is 1. The number of nitrogens with one attached hydrogen (secondary N) is 1. The van der Waals surface area contributed by atoms with Crippen molar-refractivity contribution in [3.63, 3.8) is 0 Å². The van der Waals surface area contributed by atoms with Crippen molar-refractivity contribution >= 4 is 17.3 Å². The molecule has 0 unspecified atom stereocenters. The average Bonchev–Trinajstić information content (AvgIpc) is 3.05. The summed E-state index contributed by atoms with van der Waals surface area (Å²) in [5.41, 5.74) is 6.87. The van der Waals surface area contributed by atoms with Crippen molar-refractivity contribution < 1.29 is 10.0 Å². The fourth-order valence-corrected chi connectivity index (χ4v) is 2.30. The molecule has 0 aliphatic carbocycles. The minimum atomic E-state index is -0.579. The number of phenolic OH excluding ortho intramolecular Hbond substituents is 1. The molecule has 2 aromatic carbocycles. The number of hydrogen-bond acceptors (Lipinski definition) is 6. The molecule has 122 valence electrons. The van der Waals surface area contributed by atoms with Gasteiger partial charge in [0, 0.05) is 17.2 Å². The second-order valence-corrected chi connectivity index (χ2v) is 5.47. The first-order chi connectivity index (χ1) is 11.5. The van der Waals surface area contributed by atoms with E-state index in [1.165, 1.54) is 18.2 Å². The molecule has 4 N–H and O–H groups in total. The molecule has 24 heavy (non-hydrogen) atoms. The lowest BCUT2D eigenvalue weighted by Gasteiger charge is -2.08. The molecule has 0 aliphatic heterocycles. The van der Waals surface area contributed by atoms with Gasteiger partial charge in [-0.1, -0.05) is 23.7 Å². The molecule has 0 amide bonds. The number of nitro benzene ring substituents is 1. The molecule has 1 aromatic heterocycles. The summed E-state index contributed by atoms with van der Waals surface area (Å²) in [6, 6.07) is 10.00. The number of halogens is 1. The van der Waals surface area contributed by atoms with Gasteiger partial charge in [-0.25, -0.2) is 4.98 Å². The van der Waals surface area contributed by atoms with Gasteiger partial charge in [0.15, 0.2) is 5.82 Å². The lowest BCUT2D eigenvalue weighted by Crippen LogP contribution is -2.13. The van der Waals surface area contributed by atoms with Crippen LogP contribution in [0.15, 0.2) is 42.5 Å². The highest BCUT2D eigenvalue weighted by atomic mass is 35.5. The van der Waals surface area contributed by atoms with Crippen molar-refractivity contribution in [3.05, 3.63) is 69.0 Å². The van der Waals surface area contributed by atoms with Crippen LogP contribution in [0.1, 0.15) is 17.4 Å². The summed E-state index contributed by atoms with van der Waals surface area (Å²) in [7, 11) is 0. The van der Waals surface area contributed by atoms with Crippen LogP contribution in [0.3, 0.4) is 0 Å². The number of aromatic nitrogens is 3. The fraction of sp³-hybridized carbons (Fsp3) is 0.0667. The maximum absolute atomic E-state index is 10.9. The van der Waals surface area contributed by atoms with Gasteiger partial charge in [0.25, 0.3) is 5.69 Å². The molecule has 3 rings (SSSR count). The molecule has 0 fully saturated rings. The van der Waals surface area contributed by atoms with E-state index in [2.05, 4.69) is 15.2 Å². The highest BCUT2D eigenvalue weighted by Gasteiger charge is 2.18. The summed E-state index contributed by atoms with van der Waals surface area (Å²) in [5.74, 6) is 0.319. The zero-order chi connectivity index (χ0) is 17.3. The molecule has 3 aromatic rings. The summed E-state index contributed by atoms with van der Waals surface area (Å²) in [4.78, 5) is 14.5. The third-order valence-corrected chi connectivity index (χ3v) is 3.71. The summed E-state index contributed by atoms with van der Waals surface area (Å²) in [6.07, 6.45) is 0. The Balaban J connectivity index is 1.94. The molecule has 9 heteroatoms. The van der Waals surface area contributed by atoms with Gasteiger partial charge in [-0.15, -0.1) is 0 Å². The maximum atomic E-state index is 10.9. The Morgan fingerprint density at radius 1 is 1.25 bits per heavy atom. The number of rotatable bonds is 4. The van der Waals surface area contributed by atoms with Gasteiger partial charge in [0.05, 0.1) is 16.5 Å². The van der Waals surface area contributed by atoms with Crippen molar-refractivity contribution in [1.29, 1.82) is 0 Å². The van der Waals surface area contributed by atoms with Gasteiger partial charge in [-0.2, -0.15) is 5.10 Å². The van der Waals surface area contributed by atoms with Crippen molar-refractivity contribution in [3.8, 4) is 17.1 Å². The molecule has 0 saturated heterocycles. The van der Waals surface area contributed by atoms with Crippen LogP contribution in [-0.4, -0.2) is 25.2 Å². The van der Waals surface area contributed by atoms with E-state index >= 15 is 0 Å². The minimum absolute atomic E-state index is 0.121. The molecule has 0 spiro atoms. The number of aromatic amines is 1. The van der Waals surface area contributed by atoms with Crippen molar-refractivity contribution in [2.24, 2.45) is 5.73 Å². The fourth-order valence-electron chi connectivity index (χ4n) is 2.18. The largest absolute Gasteiger partial charge is 0.507 e. The Morgan fingerprint density at radius 2 is 1.96 bits per heavy atom. The standard InChI is InChI=1S/C15H12ClN5O3/c16-9-3-1-8(2-4-9)13(17)15-18-14(19-20-15)11-7-10(21(23)24)5-6-12(11)22/h1-7,13,22H,17H2,(H,18,19,20)/t13-/m1/s1. The number of non-ortho nitro benzene ring substituents is 1. The van der Waals surface area contributed by atoms with E-state index in [4.69, 9.17) is 17.3 Å². The van der Waals surface area contributed by atoms with Gasteiger partial charge < -0.3 is 10.8 Å². The third-order valence-electron chi connectivity index (χ3n) is 3.46. The second-order valence-electron chi connectivity index (χ2n) is 5.03. The molecule has 1 atom stereocenters. The predicted octanol–water partition coefficient (Wildman–Crippen LogP) is 2.79. The van der Waals surface area contributed by atoms with Gasteiger partial charge in [0.2, 0.25) is 0 Å². The number of aromatic hydroxyl groups is 1. The van der Waals surface area contributed by atoms with E-state index in [-0.39, 0.29) is 22.8 Å². The van der Waals surface area contributed by atoms with E-state index < -0.39 is 11.0 Å². The lowest BCUT2D eigenvalue weighted by atomic mass is 10.1. The first-order valence-electron chi connectivity index (χ1n) is 6.87.